The van der Waals surface area contributed by atoms with Crippen LogP contribution in [0, 0.1) is 12.8 Å². The van der Waals surface area contributed by atoms with Crippen LogP contribution in [-0.4, -0.2) is 29.0 Å². The molecule has 1 aliphatic rings. The third-order valence-corrected chi connectivity index (χ3v) is 5.66. The number of pyridine rings is 2. The van der Waals surface area contributed by atoms with Crippen molar-refractivity contribution in [1.82, 2.24) is 15.3 Å². The van der Waals surface area contributed by atoms with E-state index in [1.54, 1.807) is 25.4 Å². The zero-order valence-corrected chi connectivity index (χ0v) is 16.4. The van der Waals surface area contributed by atoms with Crippen LogP contribution in [0.2, 0.25) is 0 Å². The summed E-state index contributed by atoms with van der Waals surface area (Å²) in [6, 6.07) is 7.93. The van der Waals surface area contributed by atoms with E-state index in [0.29, 0.717) is 23.3 Å². The highest BCUT2D eigenvalue weighted by Gasteiger charge is 2.29. The Morgan fingerprint density at radius 1 is 1.22 bits per heavy atom. The zero-order valence-electron chi connectivity index (χ0n) is 16.4. The van der Waals surface area contributed by atoms with E-state index in [1.165, 1.54) is 11.3 Å². The molecule has 0 aromatic carbocycles. The number of carbonyl (C=O) groups is 1. The summed E-state index contributed by atoms with van der Waals surface area (Å²) in [4.78, 5) is 21.3. The van der Waals surface area contributed by atoms with Crippen LogP contribution in [0.4, 0.5) is 0 Å². The van der Waals surface area contributed by atoms with E-state index < -0.39 is 0 Å². The molecule has 1 saturated carbocycles. The standard InChI is InChI=1S/C22H29N3O2/c1-4-19(25-22(26)18-9-10-21(27-3)24-14-18)16-5-7-17(8-6-16)20-13-15(2)11-12-23-20/h9-14,16-17,19H,4-8H2,1-3H3,(H,25,26)/t16?,17?,19-/m1/s1. The summed E-state index contributed by atoms with van der Waals surface area (Å²) in [5, 5.41) is 3.22. The first-order valence-electron chi connectivity index (χ1n) is 9.84. The van der Waals surface area contributed by atoms with Gasteiger partial charge in [0.25, 0.3) is 5.91 Å². The normalized spacial score (nSPS) is 20.7. The Kier molecular flexibility index (Phi) is 6.43. The van der Waals surface area contributed by atoms with E-state index in [2.05, 4.69) is 35.2 Å². The SMILES string of the molecule is CC[C@@H](NC(=O)c1ccc(OC)nc1)C1CCC(c2cc(C)ccn2)CC1. The average Bonchev–Trinajstić information content (AvgIpc) is 2.72. The molecule has 2 aromatic heterocycles. The molecule has 1 fully saturated rings. The van der Waals surface area contributed by atoms with Gasteiger partial charge in [-0.3, -0.25) is 9.78 Å². The largest absolute Gasteiger partial charge is 0.481 e. The van der Waals surface area contributed by atoms with Crippen molar-refractivity contribution in [2.75, 3.05) is 7.11 Å². The van der Waals surface area contributed by atoms with E-state index in [-0.39, 0.29) is 11.9 Å². The third kappa shape index (κ3) is 4.85. The fourth-order valence-electron chi connectivity index (χ4n) is 4.04. The number of hydrogen-bond donors (Lipinski definition) is 1. The lowest BCUT2D eigenvalue weighted by atomic mass is 9.76. The molecule has 2 heterocycles. The molecule has 3 rings (SSSR count). The lowest BCUT2D eigenvalue weighted by molar-refractivity contribution is 0.0908. The number of amides is 1. The molecular weight excluding hydrogens is 338 g/mol. The van der Waals surface area contributed by atoms with E-state index in [1.807, 2.05) is 12.3 Å². The maximum Gasteiger partial charge on any atom is 0.253 e. The van der Waals surface area contributed by atoms with Gasteiger partial charge in [-0.1, -0.05) is 6.92 Å². The summed E-state index contributed by atoms with van der Waals surface area (Å²) in [6.45, 7) is 4.26. The van der Waals surface area contributed by atoms with E-state index in [0.717, 1.165) is 32.1 Å². The summed E-state index contributed by atoms with van der Waals surface area (Å²) < 4.78 is 5.05. The lowest BCUT2D eigenvalue weighted by Gasteiger charge is -2.34. The van der Waals surface area contributed by atoms with E-state index in [9.17, 15) is 4.79 Å². The van der Waals surface area contributed by atoms with Gasteiger partial charge in [-0.25, -0.2) is 4.98 Å². The second-order valence-corrected chi connectivity index (χ2v) is 7.45. The molecule has 0 saturated heterocycles. The van der Waals surface area contributed by atoms with Crippen LogP contribution in [0.3, 0.4) is 0 Å². The quantitative estimate of drug-likeness (QED) is 0.828. The van der Waals surface area contributed by atoms with Crippen LogP contribution in [0.5, 0.6) is 5.88 Å². The van der Waals surface area contributed by atoms with Gasteiger partial charge in [0.15, 0.2) is 0 Å². The fraction of sp³-hybridized carbons (Fsp3) is 0.500. The Morgan fingerprint density at radius 2 is 2.00 bits per heavy atom. The van der Waals surface area contributed by atoms with Gasteiger partial charge in [0.1, 0.15) is 0 Å². The van der Waals surface area contributed by atoms with Crippen molar-refractivity contribution in [1.29, 1.82) is 0 Å². The number of rotatable bonds is 6. The Labute approximate surface area is 161 Å². The zero-order chi connectivity index (χ0) is 19.2. The van der Waals surface area contributed by atoms with Crippen molar-refractivity contribution < 1.29 is 9.53 Å². The molecule has 5 nitrogen and oxygen atoms in total. The Morgan fingerprint density at radius 3 is 2.59 bits per heavy atom. The van der Waals surface area contributed by atoms with Gasteiger partial charge in [-0.15, -0.1) is 0 Å². The lowest BCUT2D eigenvalue weighted by Crippen LogP contribution is -2.41. The summed E-state index contributed by atoms with van der Waals surface area (Å²) in [5.41, 5.74) is 3.07. The van der Waals surface area contributed by atoms with Crippen molar-refractivity contribution in [2.24, 2.45) is 5.92 Å². The number of methoxy groups -OCH3 is 1. The van der Waals surface area contributed by atoms with Crippen molar-refractivity contribution in [3.63, 3.8) is 0 Å². The predicted octanol–water partition coefficient (Wildman–Crippen LogP) is 4.28. The predicted molar refractivity (Wildman–Crippen MR) is 106 cm³/mol. The van der Waals surface area contributed by atoms with Crippen LogP contribution in [0.1, 0.15) is 66.6 Å². The third-order valence-electron chi connectivity index (χ3n) is 5.66. The first kappa shape index (κ1) is 19.3. The van der Waals surface area contributed by atoms with Gasteiger partial charge < -0.3 is 10.1 Å². The molecular formula is C22H29N3O2. The molecule has 1 amide bonds. The second-order valence-electron chi connectivity index (χ2n) is 7.45. The second kappa shape index (κ2) is 8.98. The molecule has 144 valence electrons. The van der Waals surface area contributed by atoms with Crippen LogP contribution < -0.4 is 10.1 Å². The maximum atomic E-state index is 12.6. The maximum absolute atomic E-state index is 12.6. The molecule has 5 heteroatoms. The Hall–Kier alpha value is -2.43. The molecule has 27 heavy (non-hydrogen) atoms. The smallest absolute Gasteiger partial charge is 0.253 e. The molecule has 0 spiro atoms. The van der Waals surface area contributed by atoms with E-state index >= 15 is 0 Å². The van der Waals surface area contributed by atoms with Gasteiger partial charge in [-0.2, -0.15) is 0 Å². The van der Waals surface area contributed by atoms with Crippen LogP contribution in [0.25, 0.3) is 0 Å². The Balaban J connectivity index is 1.57. The van der Waals surface area contributed by atoms with Crippen LogP contribution in [0.15, 0.2) is 36.7 Å². The fourth-order valence-corrected chi connectivity index (χ4v) is 4.04. The average molecular weight is 367 g/mol. The summed E-state index contributed by atoms with van der Waals surface area (Å²) >= 11 is 0. The number of aromatic nitrogens is 2. The molecule has 0 radical (unpaired) electrons. The number of hydrogen-bond acceptors (Lipinski definition) is 4. The molecule has 0 unspecified atom stereocenters. The number of nitrogens with zero attached hydrogens (tertiary/aromatic N) is 2. The minimum absolute atomic E-state index is 0.0560. The highest BCUT2D eigenvalue weighted by Crippen LogP contribution is 2.37. The minimum atomic E-state index is -0.0560. The summed E-state index contributed by atoms with van der Waals surface area (Å²) in [7, 11) is 1.57. The van der Waals surface area contributed by atoms with Crippen molar-refractivity contribution in [3.05, 3.63) is 53.5 Å². The van der Waals surface area contributed by atoms with Gasteiger partial charge in [0, 0.05) is 36.1 Å². The van der Waals surface area contributed by atoms with Crippen molar-refractivity contribution in [3.8, 4) is 5.88 Å². The van der Waals surface area contributed by atoms with Gasteiger partial charge in [0.05, 0.1) is 12.7 Å². The number of aryl methyl sites for hydroxylation is 1. The topological polar surface area (TPSA) is 64.1 Å². The molecule has 2 aromatic rings. The van der Waals surface area contributed by atoms with Gasteiger partial charge in [-0.05, 0) is 68.7 Å². The monoisotopic (exact) mass is 367 g/mol. The van der Waals surface area contributed by atoms with Gasteiger partial charge in [0.2, 0.25) is 5.88 Å². The molecule has 1 N–H and O–H groups in total. The number of carbonyl (C=O) groups excluding carboxylic acids is 1. The number of nitrogens with one attached hydrogen (secondary N) is 1. The molecule has 0 aliphatic heterocycles. The molecule has 0 bridgehead atoms. The van der Waals surface area contributed by atoms with Crippen molar-refractivity contribution >= 4 is 5.91 Å². The first-order chi connectivity index (χ1) is 13.1. The summed E-state index contributed by atoms with van der Waals surface area (Å²) in [5.74, 6) is 1.52. The molecule has 1 atom stereocenters. The highest BCUT2D eigenvalue weighted by atomic mass is 16.5. The Bertz CT molecular complexity index is 752. The van der Waals surface area contributed by atoms with Crippen LogP contribution in [-0.2, 0) is 0 Å². The molecule has 1 aliphatic carbocycles. The minimum Gasteiger partial charge on any atom is -0.481 e. The van der Waals surface area contributed by atoms with Crippen LogP contribution >= 0.6 is 0 Å². The highest BCUT2D eigenvalue weighted by molar-refractivity contribution is 5.94. The number of ether oxygens (including phenoxy) is 1. The first-order valence-corrected chi connectivity index (χ1v) is 9.84. The van der Waals surface area contributed by atoms with E-state index in [4.69, 9.17) is 4.74 Å². The van der Waals surface area contributed by atoms with Gasteiger partial charge >= 0.3 is 0 Å². The summed E-state index contributed by atoms with van der Waals surface area (Å²) in [6.07, 6.45) is 8.94. The van der Waals surface area contributed by atoms with Crippen molar-refractivity contribution in [2.45, 2.75) is 57.9 Å².